The summed E-state index contributed by atoms with van der Waals surface area (Å²) in [5.41, 5.74) is 3.73. The van der Waals surface area contributed by atoms with Gasteiger partial charge in [0.15, 0.2) is 0 Å². The Kier molecular flexibility index (Phi) is 4.84. The quantitative estimate of drug-likeness (QED) is 0.550. The minimum absolute atomic E-state index is 1.14. The molecule has 11 heavy (non-hydrogen) atoms. The lowest BCUT2D eigenvalue weighted by atomic mass is 10.1. The van der Waals surface area contributed by atoms with E-state index in [0.717, 1.165) is 5.71 Å². The molecule has 0 N–H and O–H groups in total. The fourth-order valence-electron chi connectivity index (χ4n) is 0.987. The summed E-state index contributed by atoms with van der Waals surface area (Å²) in [6, 6.07) is 0. The van der Waals surface area contributed by atoms with Crippen LogP contribution < -0.4 is 0 Å². The zero-order valence-electron chi connectivity index (χ0n) is 8.36. The van der Waals surface area contributed by atoms with Crippen LogP contribution >= 0.6 is 0 Å². The molecule has 0 aromatic rings. The highest BCUT2D eigenvalue weighted by Crippen LogP contribution is 2.10. The van der Waals surface area contributed by atoms with Gasteiger partial charge >= 0.3 is 0 Å². The zero-order valence-corrected chi connectivity index (χ0v) is 8.36. The van der Waals surface area contributed by atoms with Crippen molar-refractivity contribution in [1.82, 2.24) is 0 Å². The van der Waals surface area contributed by atoms with Crippen molar-refractivity contribution in [1.29, 1.82) is 0 Å². The van der Waals surface area contributed by atoms with E-state index in [1.807, 2.05) is 13.8 Å². The molecule has 0 heterocycles. The first-order valence-corrected chi connectivity index (χ1v) is 4.26. The van der Waals surface area contributed by atoms with Crippen LogP contribution in [0.3, 0.4) is 0 Å². The molecule has 64 valence electrons. The first-order valence-electron chi connectivity index (χ1n) is 4.26. The Labute approximate surface area is 70.2 Å². The Morgan fingerprint density at radius 3 is 2.00 bits per heavy atom. The maximum absolute atomic E-state index is 4.39. The van der Waals surface area contributed by atoms with E-state index in [1.165, 1.54) is 24.1 Å². The van der Waals surface area contributed by atoms with Crippen LogP contribution in [0.5, 0.6) is 0 Å². The lowest BCUT2D eigenvalue weighted by Crippen LogP contribution is -1.85. The maximum Gasteiger partial charge on any atom is 0.0361 e. The van der Waals surface area contributed by atoms with Gasteiger partial charge in [-0.1, -0.05) is 18.9 Å². The van der Waals surface area contributed by atoms with Gasteiger partial charge in [0.1, 0.15) is 0 Å². The summed E-state index contributed by atoms with van der Waals surface area (Å²) in [6.07, 6.45) is 2.38. The van der Waals surface area contributed by atoms with Crippen LogP contribution in [0.25, 0.3) is 0 Å². The minimum atomic E-state index is 1.14. The van der Waals surface area contributed by atoms with E-state index in [-0.39, 0.29) is 0 Å². The van der Waals surface area contributed by atoms with Gasteiger partial charge in [-0.05, 0) is 34.1 Å². The first kappa shape index (κ1) is 10.4. The number of hydrogen-bond acceptors (Lipinski definition) is 1. The molecule has 1 heteroatoms. The molecular weight excluding hydrogens is 134 g/mol. The average Bonchev–Trinajstić information content (AvgIpc) is 1.86. The molecule has 0 amide bonds. The number of allylic oxidation sites excluding steroid dienone is 2. The van der Waals surface area contributed by atoms with Crippen molar-refractivity contribution < 1.29 is 0 Å². The predicted octanol–water partition coefficient (Wildman–Crippen LogP) is 3.56. The van der Waals surface area contributed by atoms with Gasteiger partial charge in [-0.3, -0.25) is 4.99 Å². The largest absolute Gasteiger partial charge is 0.263 e. The Balaban J connectivity index is 4.27. The van der Waals surface area contributed by atoms with E-state index < -0.39 is 0 Å². The van der Waals surface area contributed by atoms with Crippen molar-refractivity contribution >= 4 is 5.71 Å². The lowest BCUT2D eigenvalue weighted by Gasteiger charge is -2.01. The van der Waals surface area contributed by atoms with Crippen molar-refractivity contribution in [3.63, 3.8) is 0 Å². The minimum Gasteiger partial charge on any atom is -0.263 e. The maximum atomic E-state index is 4.39. The van der Waals surface area contributed by atoms with Gasteiger partial charge in [0.2, 0.25) is 0 Å². The standard InChI is InChI=1S/C10H19N/c1-6-7-9(4)10(5)11-8(2)3/h6-7H2,1-5H3/b10-9+. The summed E-state index contributed by atoms with van der Waals surface area (Å²) in [7, 11) is 0. The molecule has 0 bridgehead atoms. The Hall–Kier alpha value is -0.590. The van der Waals surface area contributed by atoms with Gasteiger partial charge in [-0.2, -0.15) is 0 Å². The highest BCUT2D eigenvalue weighted by Gasteiger charge is 1.92. The molecule has 0 aliphatic carbocycles. The average molecular weight is 153 g/mol. The van der Waals surface area contributed by atoms with Crippen LogP contribution in [0.2, 0.25) is 0 Å². The molecule has 0 aromatic heterocycles. The second-order valence-electron chi connectivity index (χ2n) is 3.17. The molecule has 0 unspecified atom stereocenters. The summed E-state index contributed by atoms with van der Waals surface area (Å²) in [6.45, 7) is 10.5. The highest BCUT2D eigenvalue weighted by atomic mass is 14.7. The van der Waals surface area contributed by atoms with Gasteiger partial charge < -0.3 is 0 Å². The van der Waals surface area contributed by atoms with Crippen LogP contribution in [0.15, 0.2) is 16.3 Å². The molecule has 0 rings (SSSR count). The molecule has 0 fully saturated rings. The molecule has 0 atom stereocenters. The summed E-state index contributed by atoms with van der Waals surface area (Å²) in [4.78, 5) is 4.39. The normalized spacial score (nSPS) is 12.5. The van der Waals surface area contributed by atoms with Crippen molar-refractivity contribution in [2.45, 2.75) is 47.5 Å². The monoisotopic (exact) mass is 153 g/mol. The number of hydrogen-bond donors (Lipinski definition) is 0. The Morgan fingerprint density at radius 2 is 1.64 bits per heavy atom. The molecule has 0 aliphatic rings. The van der Waals surface area contributed by atoms with Crippen molar-refractivity contribution in [3.05, 3.63) is 11.3 Å². The second-order valence-corrected chi connectivity index (χ2v) is 3.17. The topological polar surface area (TPSA) is 12.4 Å². The van der Waals surface area contributed by atoms with Gasteiger partial charge in [0.05, 0.1) is 0 Å². The van der Waals surface area contributed by atoms with E-state index in [4.69, 9.17) is 0 Å². The number of aliphatic imine (C=N–C) groups is 1. The molecule has 1 nitrogen and oxygen atoms in total. The van der Waals surface area contributed by atoms with E-state index in [9.17, 15) is 0 Å². The van der Waals surface area contributed by atoms with Crippen molar-refractivity contribution in [3.8, 4) is 0 Å². The number of nitrogens with zero attached hydrogens (tertiary/aromatic N) is 1. The summed E-state index contributed by atoms with van der Waals surface area (Å²) >= 11 is 0. The molecule has 0 aliphatic heterocycles. The molecular formula is C10H19N. The molecule has 0 aromatic carbocycles. The fourth-order valence-corrected chi connectivity index (χ4v) is 0.987. The zero-order chi connectivity index (χ0) is 8.85. The fraction of sp³-hybridized carbons (Fsp3) is 0.700. The SMILES string of the molecule is CCC/C(C)=C(\C)N=C(C)C. The van der Waals surface area contributed by atoms with Gasteiger partial charge in [-0.15, -0.1) is 0 Å². The van der Waals surface area contributed by atoms with Crippen LogP contribution in [0.4, 0.5) is 0 Å². The lowest BCUT2D eigenvalue weighted by molar-refractivity contribution is 0.886. The third kappa shape index (κ3) is 4.77. The third-order valence-electron chi connectivity index (χ3n) is 1.63. The van der Waals surface area contributed by atoms with Crippen molar-refractivity contribution in [2.75, 3.05) is 0 Å². The second kappa shape index (κ2) is 5.11. The molecule has 0 radical (unpaired) electrons. The summed E-state index contributed by atoms with van der Waals surface area (Å²) in [5.74, 6) is 0. The molecule has 0 saturated heterocycles. The Bertz CT molecular complexity index is 171. The number of rotatable bonds is 3. The van der Waals surface area contributed by atoms with E-state index in [2.05, 4.69) is 25.8 Å². The predicted molar refractivity (Wildman–Crippen MR) is 52.1 cm³/mol. The van der Waals surface area contributed by atoms with Crippen LogP contribution in [-0.4, -0.2) is 5.71 Å². The van der Waals surface area contributed by atoms with Gasteiger partial charge in [0.25, 0.3) is 0 Å². The van der Waals surface area contributed by atoms with E-state index >= 15 is 0 Å². The van der Waals surface area contributed by atoms with E-state index in [0.29, 0.717) is 0 Å². The van der Waals surface area contributed by atoms with Crippen LogP contribution in [-0.2, 0) is 0 Å². The first-order chi connectivity index (χ1) is 5.07. The van der Waals surface area contributed by atoms with E-state index in [1.54, 1.807) is 0 Å². The van der Waals surface area contributed by atoms with Gasteiger partial charge in [-0.25, -0.2) is 0 Å². The van der Waals surface area contributed by atoms with Crippen LogP contribution in [0, 0.1) is 0 Å². The third-order valence-corrected chi connectivity index (χ3v) is 1.63. The van der Waals surface area contributed by atoms with Crippen molar-refractivity contribution in [2.24, 2.45) is 4.99 Å². The van der Waals surface area contributed by atoms with Gasteiger partial charge in [0, 0.05) is 11.4 Å². The Morgan fingerprint density at radius 1 is 1.09 bits per heavy atom. The summed E-state index contributed by atoms with van der Waals surface area (Å²) < 4.78 is 0. The molecule has 0 spiro atoms. The highest BCUT2D eigenvalue weighted by molar-refractivity contribution is 5.80. The molecule has 0 saturated carbocycles. The van der Waals surface area contributed by atoms with Crippen LogP contribution in [0.1, 0.15) is 47.5 Å². The smallest absolute Gasteiger partial charge is 0.0361 e. The summed E-state index contributed by atoms with van der Waals surface area (Å²) in [5, 5.41) is 0.